The monoisotopic (exact) mass is 292 g/mol. The number of anilines is 1. The number of hydrogen-bond donors (Lipinski definition) is 2. The Kier molecular flexibility index (Phi) is 4.80. The lowest BCUT2D eigenvalue weighted by Gasteiger charge is -2.27. The number of aromatic carboxylic acids is 1. The molecule has 6 heteroatoms. The first-order valence-electron chi connectivity index (χ1n) is 7.12. The Morgan fingerprint density at radius 2 is 2.14 bits per heavy atom. The van der Waals surface area contributed by atoms with Crippen molar-refractivity contribution >= 4 is 17.7 Å². The van der Waals surface area contributed by atoms with Gasteiger partial charge >= 0.3 is 12.0 Å². The molecule has 2 rings (SSSR count). The van der Waals surface area contributed by atoms with Crippen LogP contribution in [0.3, 0.4) is 0 Å². The molecule has 0 aliphatic carbocycles. The SMILES string of the molecule is CCN(CCCO)C(=O)N1CCc2cc(C(=O)O)ccc21. The molecule has 0 unspecified atom stereocenters. The summed E-state index contributed by atoms with van der Waals surface area (Å²) >= 11 is 0. The first kappa shape index (κ1) is 15.3. The van der Waals surface area contributed by atoms with Gasteiger partial charge in [0.25, 0.3) is 0 Å². The van der Waals surface area contributed by atoms with Crippen LogP contribution in [0.4, 0.5) is 10.5 Å². The maximum Gasteiger partial charge on any atom is 0.335 e. The topological polar surface area (TPSA) is 81.1 Å². The van der Waals surface area contributed by atoms with E-state index >= 15 is 0 Å². The summed E-state index contributed by atoms with van der Waals surface area (Å²) in [5.74, 6) is -0.958. The van der Waals surface area contributed by atoms with Crippen LogP contribution in [-0.2, 0) is 6.42 Å². The summed E-state index contributed by atoms with van der Waals surface area (Å²) in [6, 6.07) is 4.77. The molecule has 1 aromatic carbocycles. The van der Waals surface area contributed by atoms with Crippen LogP contribution in [0.5, 0.6) is 0 Å². The van der Waals surface area contributed by atoms with Crippen molar-refractivity contribution in [2.45, 2.75) is 19.8 Å². The highest BCUT2D eigenvalue weighted by Gasteiger charge is 2.28. The van der Waals surface area contributed by atoms with E-state index in [9.17, 15) is 9.59 Å². The van der Waals surface area contributed by atoms with E-state index < -0.39 is 5.97 Å². The Balaban J connectivity index is 2.18. The first-order chi connectivity index (χ1) is 10.1. The van der Waals surface area contributed by atoms with Crippen molar-refractivity contribution in [1.82, 2.24) is 4.90 Å². The molecule has 0 saturated heterocycles. The third-order valence-electron chi connectivity index (χ3n) is 3.69. The van der Waals surface area contributed by atoms with Gasteiger partial charge in [-0.3, -0.25) is 4.90 Å². The summed E-state index contributed by atoms with van der Waals surface area (Å²) in [6.45, 7) is 3.62. The molecule has 0 radical (unpaired) electrons. The number of fused-ring (bicyclic) bond motifs is 1. The van der Waals surface area contributed by atoms with Gasteiger partial charge in [0.05, 0.1) is 5.56 Å². The number of rotatable bonds is 5. The van der Waals surface area contributed by atoms with Gasteiger partial charge in [-0.2, -0.15) is 0 Å². The number of carbonyl (C=O) groups is 2. The molecule has 2 N–H and O–H groups in total. The molecule has 1 heterocycles. The molecule has 0 spiro atoms. The Morgan fingerprint density at radius 3 is 2.76 bits per heavy atom. The minimum Gasteiger partial charge on any atom is -0.478 e. The quantitative estimate of drug-likeness (QED) is 0.863. The molecule has 1 aliphatic rings. The molecule has 0 bridgehead atoms. The number of carboxylic acid groups (broad SMARTS) is 1. The number of carboxylic acids is 1. The first-order valence-corrected chi connectivity index (χ1v) is 7.12. The van der Waals surface area contributed by atoms with Crippen LogP contribution in [0.25, 0.3) is 0 Å². The minimum absolute atomic E-state index is 0.0579. The standard InChI is InChI=1S/C15H20N2O4/c1-2-16(7-3-9-18)15(21)17-8-6-11-10-12(14(19)20)4-5-13(11)17/h4-5,10,18H,2-3,6-9H2,1H3,(H,19,20). The van der Waals surface area contributed by atoms with Gasteiger partial charge in [-0.05, 0) is 43.5 Å². The van der Waals surface area contributed by atoms with Crippen molar-refractivity contribution < 1.29 is 19.8 Å². The molecule has 21 heavy (non-hydrogen) atoms. The second-order valence-corrected chi connectivity index (χ2v) is 4.99. The molecule has 1 aromatic rings. The van der Waals surface area contributed by atoms with Crippen LogP contribution in [0.2, 0.25) is 0 Å². The highest BCUT2D eigenvalue weighted by Crippen LogP contribution is 2.29. The Hall–Kier alpha value is -2.08. The van der Waals surface area contributed by atoms with E-state index in [1.54, 1.807) is 21.9 Å². The van der Waals surface area contributed by atoms with E-state index in [0.29, 0.717) is 32.5 Å². The van der Waals surface area contributed by atoms with E-state index in [1.165, 1.54) is 6.07 Å². The number of carbonyl (C=O) groups excluding carboxylic acids is 1. The zero-order chi connectivity index (χ0) is 15.4. The van der Waals surface area contributed by atoms with E-state index in [4.69, 9.17) is 10.2 Å². The summed E-state index contributed by atoms with van der Waals surface area (Å²) in [5, 5.41) is 17.9. The van der Waals surface area contributed by atoms with Crippen LogP contribution in [-0.4, -0.2) is 53.4 Å². The normalized spacial score (nSPS) is 13.1. The second kappa shape index (κ2) is 6.58. The molecule has 0 saturated carbocycles. The maximum atomic E-state index is 12.5. The molecule has 0 atom stereocenters. The number of urea groups is 1. The number of nitrogens with zero attached hydrogens (tertiary/aromatic N) is 2. The lowest BCUT2D eigenvalue weighted by Crippen LogP contribution is -2.43. The summed E-state index contributed by atoms with van der Waals surface area (Å²) in [7, 11) is 0. The average molecular weight is 292 g/mol. The summed E-state index contributed by atoms with van der Waals surface area (Å²) < 4.78 is 0. The van der Waals surface area contributed by atoms with E-state index in [1.807, 2.05) is 6.92 Å². The molecule has 114 valence electrons. The molecule has 6 nitrogen and oxygen atoms in total. The fourth-order valence-corrected chi connectivity index (χ4v) is 2.55. The highest BCUT2D eigenvalue weighted by atomic mass is 16.4. The van der Waals surface area contributed by atoms with Crippen molar-refractivity contribution in [2.75, 3.05) is 31.1 Å². The summed E-state index contributed by atoms with van der Waals surface area (Å²) in [6.07, 6.45) is 1.22. The Bertz CT molecular complexity index is 544. The largest absolute Gasteiger partial charge is 0.478 e. The lowest BCUT2D eigenvalue weighted by atomic mass is 10.1. The van der Waals surface area contributed by atoms with Crippen LogP contribution in [0.1, 0.15) is 29.3 Å². The molecular weight excluding hydrogens is 272 g/mol. The van der Waals surface area contributed by atoms with Gasteiger partial charge in [-0.25, -0.2) is 9.59 Å². The predicted molar refractivity (Wildman–Crippen MR) is 78.8 cm³/mol. The van der Waals surface area contributed by atoms with Crippen molar-refractivity contribution in [1.29, 1.82) is 0 Å². The highest BCUT2D eigenvalue weighted by molar-refractivity contribution is 5.96. The lowest BCUT2D eigenvalue weighted by molar-refractivity contribution is 0.0696. The minimum atomic E-state index is -0.958. The zero-order valence-electron chi connectivity index (χ0n) is 12.1. The molecule has 2 amide bonds. The van der Waals surface area contributed by atoms with Crippen molar-refractivity contribution in [3.8, 4) is 0 Å². The number of aliphatic hydroxyl groups excluding tert-OH is 1. The van der Waals surface area contributed by atoms with Gasteiger partial charge in [-0.1, -0.05) is 0 Å². The van der Waals surface area contributed by atoms with Gasteiger partial charge in [-0.15, -0.1) is 0 Å². The summed E-state index contributed by atoms with van der Waals surface area (Å²) in [4.78, 5) is 26.9. The van der Waals surface area contributed by atoms with Crippen LogP contribution in [0.15, 0.2) is 18.2 Å². The van der Waals surface area contributed by atoms with Crippen LogP contribution in [0, 0.1) is 0 Å². The molecular formula is C15H20N2O4. The van der Waals surface area contributed by atoms with E-state index in [0.717, 1.165) is 11.3 Å². The van der Waals surface area contributed by atoms with Gasteiger partial charge in [0.2, 0.25) is 0 Å². The Labute approximate surface area is 123 Å². The molecule has 0 aromatic heterocycles. The van der Waals surface area contributed by atoms with Crippen molar-refractivity contribution in [3.05, 3.63) is 29.3 Å². The van der Waals surface area contributed by atoms with E-state index in [2.05, 4.69) is 0 Å². The Morgan fingerprint density at radius 1 is 1.38 bits per heavy atom. The number of hydrogen-bond acceptors (Lipinski definition) is 3. The summed E-state index contributed by atoms with van der Waals surface area (Å²) in [5.41, 5.74) is 1.92. The van der Waals surface area contributed by atoms with Crippen LogP contribution >= 0.6 is 0 Å². The number of benzene rings is 1. The van der Waals surface area contributed by atoms with Gasteiger partial charge in [0.1, 0.15) is 0 Å². The fraction of sp³-hybridized carbons (Fsp3) is 0.467. The third-order valence-corrected chi connectivity index (χ3v) is 3.69. The molecule has 1 aliphatic heterocycles. The van der Waals surface area contributed by atoms with Crippen molar-refractivity contribution in [2.24, 2.45) is 0 Å². The second-order valence-electron chi connectivity index (χ2n) is 4.99. The third kappa shape index (κ3) is 3.16. The van der Waals surface area contributed by atoms with Gasteiger partial charge < -0.3 is 15.1 Å². The zero-order valence-corrected chi connectivity index (χ0v) is 12.1. The van der Waals surface area contributed by atoms with Crippen LogP contribution < -0.4 is 4.90 Å². The molecule has 0 fully saturated rings. The predicted octanol–water partition coefficient (Wildman–Crippen LogP) is 1.57. The maximum absolute atomic E-state index is 12.5. The van der Waals surface area contributed by atoms with Gasteiger partial charge in [0.15, 0.2) is 0 Å². The number of aliphatic hydroxyl groups is 1. The smallest absolute Gasteiger partial charge is 0.335 e. The van der Waals surface area contributed by atoms with Gasteiger partial charge in [0, 0.05) is 31.9 Å². The van der Waals surface area contributed by atoms with Crippen molar-refractivity contribution in [3.63, 3.8) is 0 Å². The number of amides is 2. The van der Waals surface area contributed by atoms with E-state index in [-0.39, 0.29) is 18.2 Å². The average Bonchev–Trinajstić information content (AvgIpc) is 2.90. The fourth-order valence-electron chi connectivity index (χ4n) is 2.55.